The average Bonchev–Trinajstić information content (AvgIpc) is 2.36. The van der Waals surface area contributed by atoms with Crippen molar-refractivity contribution >= 4 is 48.9 Å². The van der Waals surface area contributed by atoms with Gasteiger partial charge in [-0.2, -0.15) is 0 Å². The van der Waals surface area contributed by atoms with Crippen LogP contribution in [0.1, 0.15) is 5.56 Å². The lowest BCUT2D eigenvalue weighted by molar-refractivity contribution is 0.601. The van der Waals surface area contributed by atoms with Crippen LogP contribution in [-0.4, -0.2) is 8.42 Å². The van der Waals surface area contributed by atoms with Gasteiger partial charge in [0.1, 0.15) is 0 Å². The number of halogens is 2. The Morgan fingerprint density at radius 1 is 1.20 bits per heavy atom. The van der Waals surface area contributed by atoms with Crippen molar-refractivity contribution in [1.29, 1.82) is 0 Å². The van der Waals surface area contributed by atoms with Crippen molar-refractivity contribution in [2.24, 2.45) is 0 Å². The van der Waals surface area contributed by atoms with Crippen LogP contribution in [0.4, 0.5) is 11.4 Å². The Morgan fingerprint density at radius 2 is 1.90 bits per heavy atom. The molecule has 3 N–H and O–H groups in total. The van der Waals surface area contributed by atoms with E-state index in [2.05, 4.69) is 20.7 Å². The summed E-state index contributed by atoms with van der Waals surface area (Å²) in [5.41, 5.74) is 7.30. The van der Waals surface area contributed by atoms with E-state index in [9.17, 15) is 8.42 Å². The summed E-state index contributed by atoms with van der Waals surface area (Å²) in [5.74, 6) is 0. The maximum absolute atomic E-state index is 12.3. The number of hydrogen-bond acceptors (Lipinski definition) is 3. The minimum Gasteiger partial charge on any atom is -0.398 e. The van der Waals surface area contributed by atoms with Crippen molar-refractivity contribution in [2.45, 2.75) is 11.8 Å². The Morgan fingerprint density at radius 3 is 2.55 bits per heavy atom. The highest BCUT2D eigenvalue weighted by molar-refractivity contribution is 9.10. The van der Waals surface area contributed by atoms with Crippen molar-refractivity contribution < 1.29 is 8.42 Å². The molecule has 0 saturated carbocycles. The zero-order valence-corrected chi connectivity index (χ0v) is 13.7. The van der Waals surface area contributed by atoms with Gasteiger partial charge >= 0.3 is 0 Å². The van der Waals surface area contributed by atoms with Gasteiger partial charge in [-0.3, -0.25) is 4.72 Å². The van der Waals surface area contributed by atoms with E-state index in [0.717, 1.165) is 5.56 Å². The summed E-state index contributed by atoms with van der Waals surface area (Å²) in [6.45, 7) is 1.85. The molecule has 0 fully saturated rings. The highest BCUT2D eigenvalue weighted by Crippen LogP contribution is 2.27. The Hall–Kier alpha value is -1.24. The zero-order chi connectivity index (χ0) is 14.9. The number of rotatable bonds is 3. The first-order valence-electron chi connectivity index (χ1n) is 5.63. The van der Waals surface area contributed by atoms with Gasteiger partial charge in [0, 0.05) is 10.2 Å². The van der Waals surface area contributed by atoms with Crippen LogP contribution in [0.2, 0.25) is 5.02 Å². The molecule has 2 aromatic carbocycles. The Labute approximate surface area is 131 Å². The summed E-state index contributed by atoms with van der Waals surface area (Å²) in [4.78, 5) is 0.0794. The topological polar surface area (TPSA) is 72.2 Å². The summed E-state index contributed by atoms with van der Waals surface area (Å²) in [7, 11) is -3.73. The van der Waals surface area contributed by atoms with Crippen LogP contribution in [0.3, 0.4) is 0 Å². The molecule has 0 aliphatic rings. The Balaban J connectivity index is 2.40. The number of aryl methyl sites for hydroxylation is 1. The predicted octanol–water partition coefficient (Wildman–Crippen LogP) is 3.79. The first-order valence-corrected chi connectivity index (χ1v) is 8.29. The minimum atomic E-state index is -3.73. The smallest absolute Gasteiger partial charge is 0.262 e. The van der Waals surface area contributed by atoms with E-state index in [1.54, 1.807) is 24.3 Å². The molecule has 4 nitrogen and oxygen atoms in total. The van der Waals surface area contributed by atoms with Crippen molar-refractivity contribution in [3.05, 3.63) is 51.5 Å². The highest BCUT2D eigenvalue weighted by atomic mass is 79.9. The molecule has 2 aromatic rings. The standard InChI is InChI=1S/C13H12BrClN2O2S/c1-8-2-5-11(15)13(6-8)17-20(18,19)9-3-4-10(14)12(16)7-9/h2-7,17H,16H2,1H3. The summed E-state index contributed by atoms with van der Waals surface area (Å²) in [5, 5.41) is 0.337. The van der Waals surface area contributed by atoms with Gasteiger partial charge in [-0.15, -0.1) is 0 Å². The molecule has 0 amide bonds. The van der Waals surface area contributed by atoms with Gasteiger partial charge in [-0.1, -0.05) is 17.7 Å². The third kappa shape index (κ3) is 3.26. The van der Waals surface area contributed by atoms with Crippen molar-refractivity contribution in [3.63, 3.8) is 0 Å². The largest absolute Gasteiger partial charge is 0.398 e. The fourth-order valence-electron chi connectivity index (χ4n) is 1.61. The van der Waals surface area contributed by atoms with Crippen LogP contribution in [0, 0.1) is 6.92 Å². The van der Waals surface area contributed by atoms with Crippen molar-refractivity contribution in [3.8, 4) is 0 Å². The number of benzene rings is 2. The van der Waals surface area contributed by atoms with Gasteiger partial charge in [0.15, 0.2) is 0 Å². The molecule has 0 bridgehead atoms. The van der Waals surface area contributed by atoms with Gasteiger partial charge in [0.25, 0.3) is 10.0 Å². The minimum absolute atomic E-state index is 0.0794. The number of sulfonamides is 1. The van der Waals surface area contributed by atoms with E-state index >= 15 is 0 Å². The van der Waals surface area contributed by atoms with Crippen LogP contribution in [0.25, 0.3) is 0 Å². The van der Waals surface area contributed by atoms with Crippen LogP contribution in [0.15, 0.2) is 45.8 Å². The molecule has 0 saturated heterocycles. The second-order valence-electron chi connectivity index (χ2n) is 4.27. The molecule has 0 atom stereocenters. The highest BCUT2D eigenvalue weighted by Gasteiger charge is 2.16. The van der Waals surface area contributed by atoms with Crippen LogP contribution in [0.5, 0.6) is 0 Å². The molecule has 0 aliphatic heterocycles. The average molecular weight is 376 g/mol. The molecule has 0 unspecified atom stereocenters. The summed E-state index contributed by atoms with van der Waals surface area (Å²) >= 11 is 9.21. The first-order chi connectivity index (χ1) is 9.29. The molecule has 0 heterocycles. The summed E-state index contributed by atoms with van der Waals surface area (Å²) < 4.78 is 27.7. The van der Waals surface area contributed by atoms with E-state index in [1.165, 1.54) is 12.1 Å². The van der Waals surface area contributed by atoms with E-state index in [1.807, 2.05) is 6.92 Å². The summed E-state index contributed by atoms with van der Waals surface area (Å²) in [6.07, 6.45) is 0. The second kappa shape index (κ2) is 5.63. The third-order valence-electron chi connectivity index (χ3n) is 2.64. The van der Waals surface area contributed by atoms with Crippen LogP contribution < -0.4 is 10.5 Å². The van der Waals surface area contributed by atoms with Gasteiger partial charge in [-0.25, -0.2) is 8.42 Å². The predicted molar refractivity (Wildman–Crippen MR) is 85.6 cm³/mol. The molecule has 0 spiro atoms. The lowest BCUT2D eigenvalue weighted by Gasteiger charge is -2.11. The number of nitrogens with two attached hydrogens (primary N) is 1. The molecular weight excluding hydrogens is 364 g/mol. The Kier molecular flexibility index (Phi) is 4.27. The van der Waals surface area contributed by atoms with Gasteiger partial charge in [-0.05, 0) is 58.7 Å². The normalized spacial score (nSPS) is 11.3. The third-order valence-corrected chi connectivity index (χ3v) is 5.06. The maximum atomic E-state index is 12.3. The molecule has 7 heteroatoms. The lowest BCUT2D eigenvalue weighted by atomic mass is 10.2. The quantitative estimate of drug-likeness (QED) is 0.802. The number of nitrogens with one attached hydrogen (secondary N) is 1. The van der Waals surface area contributed by atoms with Crippen LogP contribution >= 0.6 is 27.5 Å². The fraction of sp³-hybridized carbons (Fsp3) is 0.0769. The summed E-state index contributed by atoms with van der Waals surface area (Å²) in [6, 6.07) is 9.55. The molecular formula is C13H12BrClN2O2S. The van der Waals surface area contributed by atoms with E-state index < -0.39 is 10.0 Å². The van der Waals surface area contributed by atoms with E-state index in [-0.39, 0.29) is 4.90 Å². The number of hydrogen-bond donors (Lipinski definition) is 2. The fourth-order valence-corrected chi connectivity index (χ4v) is 3.18. The maximum Gasteiger partial charge on any atom is 0.262 e. The van der Waals surface area contributed by atoms with Gasteiger partial charge in [0.2, 0.25) is 0 Å². The van der Waals surface area contributed by atoms with Crippen molar-refractivity contribution in [2.75, 3.05) is 10.5 Å². The molecule has 0 aromatic heterocycles. The Bertz CT molecular complexity index is 763. The van der Waals surface area contributed by atoms with Gasteiger partial charge in [0.05, 0.1) is 15.6 Å². The molecule has 0 radical (unpaired) electrons. The van der Waals surface area contributed by atoms with E-state index in [4.69, 9.17) is 17.3 Å². The number of anilines is 2. The first kappa shape index (κ1) is 15.2. The second-order valence-corrected chi connectivity index (χ2v) is 7.22. The monoisotopic (exact) mass is 374 g/mol. The molecule has 2 rings (SSSR count). The lowest BCUT2D eigenvalue weighted by Crippen LogP contribution is -2.13. The van der Waals surface area contributed by atoms with Crippen molar-refractivity contribution in [1.82, 2.24) is 0 Å². The van der Waals surface area contributed by atoms with E-state index in [0.29, 0.717) is 20.9 Å². The SMILES string of the molecule is Cc1ccc(Cl)c(NS(=O)(=O)c2ccc(Br)c(N)c2)c1. The molecule has 0 aliphatic carbocycles. The zero-order valence-electron chi connectivity index (χ0n) is 10.5. The molecule has 20 heavy (non-hydrogen) atoms. The van der Waals surface area contributed by atoms with Gasteiger partial charge < -0.3 is 5.73 Å². The number of nitrogen functional groups attached to an aromatic ring is 1. The van der Waals surface area contributed by atoms with Crippen LogP contribution in [-0.2, 0) is 10.0 Å². The molecule has 106 valence electrons.